The summed E-state index contributed by atoms with van der Waals surface area (Å²) in [6, 6.07) is 3.46. The highest BCUT2D eigenvalue weighted by atomic mass is 32.2. The number of nitrogen functional groups attached to an aromatic ring is 1. The molecule has 0 bridgehead atoms. The van der Waals surface area contributed by atoms with E-state index in [2.05, 4.69) is 0 Å². The highest BCUT2D eigenvalue weighted by Gasteiger charge is 2.28. The van der Waals surface area contributed by atoms with Crippen molar-refractivity contribution in [3.63, 3.8) is 0 Å². The third-order valence-corrected chi connectivity index (χ3v) is 5.16. The van der Waals surface area contributed by atoms with Gasteiger partial charge >= 0.3 is 0 Å². The number of anilines is 1. The lowest BCUT2D eigenvalue weighted by Gasteiger charge is -2.27. The van der Waals surface area contributed by atoms with Crippen molar-refractivity contribution in [1.82, 2.24) is 4.31 Å². The number of aryl methyl sites for hydroxylation is 1. The third-order valence-electron chi connectivity index (χ3n) is 3.13. The second kappa shape index (κ2) is 4.87. The van der Waals surface area contributed by atoms with Gasteiger partial charge in [0.05, 0.1) is 18.1 Å². The first-order valence-electron chi connectivity index (χ1n) is 5.87. The summed E-state index contributed by atoms with van der Waals surface area (Å²) < 4.78 is 31.7. The van der Waals surface area contributed by atoms with E-state index in [1.54, 1.807) is 19.1 Å². The molecule has 0 aromatic heterocycles. The summed E-state index contributed by atoms with van der Waals surface area (Å²) in [6.45, 7) is 5.26. The Morgan fingerprint density at radius 1 is 1.22 bits per heavy atom. The van der Waals surface area contributed by atoms with E-state index in [9.17, 15) is 8.42 Å². The maximum absolute atomic E-state index is 12.5. The first kappa shape index (κ1) is 13.3. The molecule has 0 aliphatic carbocycles. The standard InChI is InChI=1S/C12H18N2O3S/c1-9-7-11(13)10(2)12(8-9)18(15,16)14-3-5-17-6-4-14/h7-8H,3-6,13H2,1-2H3. The van der Waals surface area contributed by atoms with Crippen molar-refractivity contribution in [3.8, 4) is 0 Å². The largest absolute Gasteiger partial charge is 0.398 e. The van der Waals surface area contributed by atoms with Crippen LogP contribution in [0.15, 0.2) is 17.0 Å². The van der Waals surface area contributed by atoms with Crippen LogP contribution >= 0.6 is 0 Å². The molecule has 5 nitrogen and oxygen atoms in total. The molecule has 1 saturated heterocycles. The Labute approximate surface area is 108 Å². The van der Waals surface area contributed by atoms with Crippen molar-refractivity contribution < 1.29 is 13.2 Å². The lowest BCUT2D eigenvalue weighted by atomic mass is 10.1. The molecule has 2 rings (SSSR count). The Morgan fingerprint density at radius 2 is 1.83 bits per heavy atom. The van der Waals surface area contributed by atoms with E-state index in [0.29, 0.717) is 42.4 Å². The summed E-state index contributed by atoms with van der Waals surface area (Å²) in [5, 5.41) is 0. The minimum Gasteiger partial charge on any atom is -0.398 e. The molecule has 0 spiro atoms. The Kier molecular flexibility index (Phi) is 3.61. The maximum Gasteiger partial charge on any atom is 0.243 e. The lowest BCUT2D eigenvalue weighted by Crippen LogP contribution is -2.40. The van der Waals surface area contributed by atoms with Gasteiger partial charge < -0.3 is 10.5 Å². The minimum absolute atomic E-state index is 0.307. The summed E-state index contributed by atoms with van der Waals surface area (Å²) in [4.78, 5) is 0.307. The lowest BCUT2D eigenvalue weighted by molar-refractivity contribution is 0.0730. The SMILES string of the molecule is Cc1cc(N)c(C)c(S(=O)(=O)N2CCOCC2)c1. The zero-order chi connectivity index (χ0) is 13.3. The van der Waals surface area contributed by atoms with Gasteiger partial charge in [0.25, 0.3) is 0 Å². The first-order valence-corrected chi connectivity index (χ1v) is 7.31. The molecule has 1 aromatic rings. The molecule has 0 atom stereocenters. The van der Waals surface area contributed by atoms with Crippen molar-refractivity contribution in [1.29, 1.82) is 0 Å². The van der Waals surface area contributed by atoms with Gasteiger partial charge in [-0.2, -0.15) is 4.31 Å². The summed E-state index contributed by atoms with van der Waals surface area (Å²) in [5.41, 5.74) is 7.83. The fraction of sp³-hybridized carbons (Fsp3) is 0.500. The number of ether oxygens (including phenoxy) is 1. The van der Waals surface area contributed by atoms with Crippen molar-refractivity contribution >= 4 is 15.7 Å². The molecule has 1 aliphatic rings. The molecule has 1 aromatic carbocycles. The summed E-state index contributed by atoms with van der Waals surface area (Å²) in [7, 11) is -3.46. The smallest absolute Gasteiger partial charge is 0.243 e. The van der Waals surface area contributed by atoms with E-state index in [1.807, 2.05) is 6.92 Å². The molecule has 6 heteroatoms. The molecule has 100 valence electrons. The van der Waals surface area contributed by atoms with Gasteiger partial charge in [0.1, 0.15) is 0 Å². The second-order valence-corrected chi connectivity index (χ2v) is 6.40. The number of nitrogens with zero attached hydrogens (tertiary/aromatic N) is 1. The van der Waals surface area contributed by atoms with Crippen LogP contribution in [0.25, 0.3) is 0 Å². The normalized spacial score (nSPS) is 17.9. The molecular weight excluding hydrogens is 252 g/mol. The van der Waals surface area contributed by atoms with Gasteiger partial charge in [0.2, 0.25) is 10.0 Å². The highest BCUT2D eigenvalue weighted by Crippen LogP contribution is 2.26. The van der Waals surface area contributed by atoms with Crippen LogP contribution in [0, 0.1) is 13.8 Å². The monoisotopic (exact) mass is 270 g/mol. The average molecular weight is 270 g/mol. The van der Waals surface area contributed by atoms with Gasteiger partial charge in [-0.05, 0) is 37.1 Å². The van der Waals surface area contributed by atoms with Crippen molar-refractivity contribution in [2.75, 3.05) is 32.0 Å². The van der Waals surface area contributed by atoms with Gasteiger partial charge in [-0.25, -0.2) is 8.42 Å². The van der Waals surface area contributed by atoms with Gasteiger partial charge in [-0.3, -0.25) is 0 Å². The van der Waals surface area contributed by atoms with Gasteiger partial charge in [0.15, 0.2) is 0 Å². The molecule has 0 saturated carbocycles. The minimum atomic E-state index is -3.46. The van der Waals surface area contributed by atoms with Crippen molar-refractivity contribution in [2.24, 2.45) is 0 Å². The molecule has 0 unspecified atom stereocenters. The van der Waals surface area contributed by atoms with Gasteiger partial charge in [-0.15, -0.1) is 0 Å². The number of morpholine rings is 1. The molecule has 18 heavy (non-hydrogen) atoms. The quantitative estimate of drug-likeness (QED) is 0.811. The fourth-order valence-corrected chi connectivity index (χ4v) is 3.79. The Balaban J connectivity index is 2.46. The number of hydrogen-bond acceptors (Lipinski definition) is 4. The van der Waals surface area contributed by atoms with E-state index >= 15 is 0 Å². The molecule has 2 N–H and O–H groups in total. The predicted molar refractivity (Wildman–Crippen MR) is 69.9 cm³/mol. The van der Waals surface area contributed by atoms with E-state index in [4.69, 9.17) is 10.5 Å². The van der Waals surface area contributed by atoms with Crippen LogP contribution in [0.4, 0.5) is 5.69 Å². The summed E-state index contributed by atoms with van der Waals surface area (Å²) in [5.74, 6) is 0. The van der Waals surface area contributed by atoms with E-state index < -0.39 is 10.0 Å². The Bertz CT molecular complexity index is 549. The number of benzene rings is 1. The fourth-order valence-electron chi connectivity index (χ4n) is 2.05. The van der Waals surface area contributed by atoms with Crippen LogP contribution in [-0.4, -0.2) is 39.0 Å². The van der Waals surface area contributed by atoms with Crippen LogP contribution < -0.4 is 5.73 Å². The summed E-state index contributed by atoms with van der Waals surface area (Å²) in [6.07, 6.45) is 0. The van der Waals surface area contributed by atoms with Crippen LogP contribution in [0.2, 0.25) is 0 Å². The van der Waals surface area contributed by atoms with Gasteiger partial charge in [0, 0.05) is 18.8 Å². The zero-order valence-electron chi connectivity index (χ0n) is 10.6. The third kappa shape index (κ3) is 2.36. The average Bonchev–Trinajstić information content (AvgIpc) is 2.34. The Morgan fingerprint density at radius 3 is 2.44 bits per heavy atom. The van der Waals surface area contributed by atoms with E-state index in [-0.39, 0.29) is 0 Å². The molecule has 1 fully saturated rings. The van der Waals surface area contributed by atoms with Crippen LogP contribution in [0.1, 0.15) is 11.1 Å². The number of nitrogens with two attached hydrogens (primary N) is 1. The first-order chi connectivity index (χ1) is 8.43. The zero-order valence-corrected chi connectivity index (χ0v) is 11.5. The van der Waals surface area contributed by atoms with Crippen molar-refractivity contribution in [2.45, 2.75) is 18.7 Å². The van der Waals surface area contributed by atoms with E-state index in [0.717, 1.165) is 5.56 Å². The maximum atomic E-state index is 12.5. The Hall–Kier alpha value is -1.11. The summed E-state index contributed by atoms with van der Waals surface area (Å²) >= 11 is 0. The molecule has 1 heterocycles. The van der Waals surface area contributed by atoms with Crippen LogP contribution in [0.5, 0.6) is 0 Å². The number of hydrogen-bond donors (Lipinski definition) is 1. The number of sulfonamides is 1. The van der Waals surface area contributed by atoms with Crippen LogP contribution in [0.3, 0.4) is 0 Å². The topological polar surface area (TPSA) is 72.6 Å². The predicted octanol–water partition coefficient (Wildman–Crippen LogP) is 0.907. The number of rotatable bonds is 2. The van der Waals surface area contributed by atoms with E-state index in [1.165, 1.54) is 4.31 Å². The van der Waals surface area contributed by atoms with Crippen molar-refractivity contribution in [3.05, 3.63) is 23.3 Å². The highest BCUT2D eigenvalue weighted by molar-refractivity contribution is 7.89. The molecular formula is C12H18N2O3S. The van der Waals surface area contributed by atoms with Gasteiger partial charge in [-0.1, -0.05) is 0 Å². The second-order valence-electron chi connectivity index (χ2n) is 4.49. The molecule has 0 amide bonds. The van der Waals surface area contributed by atoms with Crippen LogP contribution in [-0.2, 0) is 14.8 Å². The molecule has 1 aliphatic heterocycles. The molecule has 0 radical (unpaired) electrons.